The molecule has 4 heteroatoms. The van der Waals surface area contributed by atoms with Crippen LogP contribution in [0.1, 0.15) is 32.3 Å². The van der Waals surface area contributed by atoms with E-state index < -0.39 is 0 Å². The molecule has 2 atom stereocenters. The van der Waals surface area contributed by atoms with E-state index in [1.54, 1.807) is 0 Å². The number of halogens is 1. The Kier molecular flexibility index (Phi) is 7.12. The molecule has 1 saturated heterocycles. The average molecular weight is 354 g/mol. The first-order valence-electron chi connectivity index (χ1n) is 7.21. The van der Waals surface area contributed by atoms with E-state index in [4.69, 9.17) is 4.74 Å². The Labute approximate surface area is 137 Å². The molecule has 0 radical (unpaired) electrons. The van der Waals surface area contributed by atoms with Gasteiger partial charge < -0.3 is 4.74 Å². The fourth-order valence-corrected chi connectivity index (χ4v) is 2.81. The first-order valence-corrected chi connectivity index (χ1v) is 7.21. The minimum absolute atomic E-state index is 0. The van der Waals surface area contributed by atoms with Crippen molar-refractivity contribution in [3.8, 4) is 0 Å². The van der Waals surface area contributed by atoms with Gasteiger partial charge in [-0.2, -0.15) is 0 Å². The SMILES string of the molecule is Br.COC(=O)C(=Cc1ccccc1)CN1C(C)CCC1C. The lowest BCUT2D eigenvalue weighted by Gasteiger charge is -2.26. The van der Waals surface area contributed by atoms with Crippen LogP contribution in [0.3, 0.4) is 0 Å². The van der Waals surface area contributed by atoms with Crippen LogP contribution in [0.5, 0.6) is 0 Å². The molecule has 0 aliphatic carbocycles. The van der Waals surface area contributed by atoms with Crippen molar-refractivity contribution in [1.29, 1.82) is 0 Å². The Balaban J connectivity index is 0.00000220. The van der Waals surface area contributed by atoms with Crippen LogP contribution in [0.25, 0.3) is 6.08 Å². The summed E-state index contributed by atoms with van der Waals surface area (Å²) in [6, 6.07) is 11.0. The standard InChI is InChI=1S/C17H23NO2.BrH/c1-13-9-10-14(2)18(13)12-16(17(19)20-3)11-15-7-5-4-6-8-15;/h4-8,11,13-14H,9-10,12H2,1-3H3;1H. The predicted molar refractivity (Wildman–Crippen MR) is 91.6 cm³/mol. The van der Waals surface area contributed by atoms with Crippen molar-refractivity contribution >= 4 is 29.0 Å². The fourth-order valence-electron chi connectivity index (χ4n) is 2.81. The molecule has 1 aromatic carbocycles. The highest BCUT2D eigenvalue weighted by Crippen LogP contribution is 2.25. The molecule has 2 unspecified atom stereocenters. The van der Waals surface area contributed by atoms with Gasteiger partial charge in [-0.05, 0) is 38.3 Å². The molecule has 3 nitrogen and oxygen atoms in total. The van der Waals surface area contributed by atoms with E-state index in [9.17, 15) is 4.79 Å². The monoisotopic (exact) mass is 353 g/mol. The lowest BCUT2D eigenvalue weighted by Crippen LogP contribution is -2.35. The molecule has 1 aliphatic rings. The topological polar surface area (TPSA) is 29.5 Å². The highest BCUT2D eigenvalue weighted by Gasteiger charge is 2.29. The number of hydrogen-bond donors (Lipinski definition) is 0. The molecule has 1 aliphatic heterocycles. The first kappa shape index (κ1) is 17.9. The highest BCUT2D eigenvalue weighted by atomic mass is 79.9. The van der Waals surface area contributed by atoms with Gasteiger partial charge in [0, 0.05) is 18.6 Å². The molecule has 0 aromatic heterocycles. The highest BCUT2D eigenvalue weighted by molar-refractivity contribution is 8.93. The summed E-state index contributed by atoms with van der Waals surface area (Å²) in [5.74, 6) is -0.236. The van der Waals surface area contributed by atoms with Gasteiger partial charge in [0.1, 0.15) is 0 Å². The molecule has 0 N–H and O–H groups in total. The Morgan fingerprint density at radius 1 is 1.24 bits per heavy atom. The van der Waals surface area contributed by atoms with Crippen molar-refractivity contribution in [2.45, 2.75) is 38.8 Å². The number of nitrogens with zero attached hydrogens (tertiary/aromatic N) is 1. The summed E-state index contributed by atoms with van der Waals surface area (Å²) >= 11 is 0. The number of methoxy groups -OCH3 is 1. The third-order valence-electron chi connectivity index (χ3n) is 4.08. The van der Waals surface area contributed by atoms with E-state index in [-0.39, 0.29) is 23.0 Å². The van der Waals surface area contributed by atoms with Crippen molar-refractivity contribution in [3.05, 3.63) is 41.5 Å². The first-order chi connectivity index (χ1) is 9.61. The van der Waals surface area contributed by atoms with Gasteiger partial charge >= 0.3 is 5.97 Å². The van der Waals surface area contributed by atoms with E-state index in [0.717, 1.165) is 11.1 Å². The van der Waals surface area contributed by atoms with E-state index in [1.807, 2.05) is 36.4 Å². The maximum absolute atomic E-state index is 12.0. The summed E-state index contributed by atoms with van der Waals surface area (Å²) in [5.41, 5.74) is 1.76. The van der Waals surface area contributed by atoms with Gasteiger partial charge in [0.25, 0.3) is 0 Å². The minimum Gasteiger partial charge on any atom is -0.466 e. The van der Waals surface area contributed by atoms with Gasteiger partial charge in [-0.15, -0.1) is 17.0 Å². The Hall–Kier alpha value is -1.13. The van der Waals surface area contributed by atoms with E-state index in [1.165, 1.54) is 20.0 Å². The Morgan fingerprint density at radius 2 is 1.81 bits per heavy atom. The van der Waals surface area contributed by atoms with E-state index >= 15 is 0 Å². The van der Waals surface area contributed by atoms with E-state index in [2.05, 4.69) is 18.7 Å². The summed E-state index contributed by atoms with van der Waals surface area (Å²) in [6.45, 7) is 5.10. The second-order valence-corrected chi connectivity index (χ2v) is 5.52. The molecule has 0 saturated carbocycles. The van der Waals surface area contributed by atoms with Crippen molar-refractivity contribution in [2.24, 2.45) is 0 Å². The number of carbonyl (C=O) groups is 1. The maximum atomic E-state index is 12.0. The molecule has 21 heavy (non-hydrogen) atoms. The molecule has 0 spiro atoms. The second-order valence-electron chi connectivity index (χ2n) is 5.52. The lowest BCUT2D eigenvalue weighted by molar-refractivity contribution is -0.136. The normalized spacial score (nSPS) is 22.7. The van der Waals surface area contributed by atoms with Gasteiger partial charge in [-0.3, -0.25) is 4.90 Å². The van der Waals surface area contributed by atoms with Gasteiger partial charge in [0.2, 0.25) is 0 Å². The summed E-state index contributed by atoms with van der Waals surface area (Å²) in [6.07, 6.45) is 4.32. The Morgan fingerprint density at radius 3 is 2.33 bits per heavy atom. The zero-order valence-electron chi connectivity index (χ0n) is 12.9. The maximum Gasteiger partial charge on any atom is 0.335 e. The van der Waals surface area contributed by atoms with Crippen LogP contribution >= 0.6 is 17.0 Å². The van der Waals surface area contributed by atoms with E-state index in [0.29, 0.717) is 18.6 Å². The number of ether oxygens (including phenoxy) is 1. The molecule has 0 bridgehead atoms. The summed E-state index contributed by atoms with van der Waals surface area (Å²) in [5, 5.41) is 0. The molecule has 1 aromatic rings. The van der Waals surface area contributed by atoms with Crippen LogP contribution < -0.4 is 0 Å². The predicted octanol–water partition coefficient (Wildman–Crippen LogP) is 3.69. The quantitative estimate of drug-likeness (QED) is 0.610. The summed E-state index contributed by atoms with van der Waals surface area (Å²) in [4.78, 5) is 14.4. The molecule has 1 heterocycles. The van der Waals surface area contributed by atoms with Gasteiger partial charge in [-0.25, -0.2) is 4.79 Å². The number of esters is 1. The zero-order chi connectivity index (χ0) is 14.5. The molecule has 0 amide bonds. The molecule has 116 valence electrons. The van der Waals surface area contributed by atoms with Gasteiger partial charge in [-0.1, -0.05) is 30.3 Å². The van der Waals surface area contributed by atoms with Crippen LogP contribution in [0.15, 0.2) is 35.9 Å². The number of hydrogen-bond acceptors (Lipinski definition) is 3. The minimum atomic E-state index is -0.236. The number of likely N-dealkylation sites (tertiary alicyclic amines) is 1. The van der Waals surface area contributed by atoms with Crippen molar-refractivity contribution in [2.75, 3.05) is 13.7 Å². The summed E-state index contributed by atoms with van der Waals surface area (Å²) < 4.78 is 4.93. The van der Waals surface area contributed by atoms with Crippen LogP contribution in [0, 0.1) is 0 Å². The van der Waals surface area contributed by atoms with Crippen LogP contribution in [0.2, 0.25) is 0 Å². The van der Waals surface area contributed by atoms with Gasteiger partial charge in [0.15, 0.2) is 0 Å². The third kappa shape index (κ3) is 4.68. The Bertz CT molecular complexity index is 477. The second kappa shape index (κ2) is 8.35. The molecular formula is C17H24BrNO2. The van der Waals surface area contributed by atoms with Crippen molar-refractivity contribution in [1.82, 2.24) is 4.90 Å². The molecular weight excluding hydrogens is 330 g/mol. The average Bonchev–Trinajstić information content (AvgIpc) is 2.78. The largest absolute Gasteiger partial charge is 0.466 e. The smallest absolute Gasteiger partial charge is 0.335 e. The number of rotatable bonds is 4. The number of carbonyl (C=O) groups excluding carboxylic acids is 1. The van der Waals surface area contributed by atoms with Crippen LogP contribution in [-0.2, 0) is 9.53 Å². The summed E-state index contributed by atoms with van der Waals surface area (Å²) in [7, 11) is 1.44. The third-order valence-corrected chi connectivity index (χ3v) is 4.08. The molecule has 2 rings (SSSR count). The van der Waals surface area contributed by atoms with Crippen LogP contribution in [0.4, 0.5) is 0 Å². The molecule has 1 fully saturated rings. The van der Waals surface area contributed by atoms with Crippen LogP contribution in [-0.4, -0.2) is 36.6 Å². The zero-order valence-corrected chi connectivity index (χ0v) is 14.6. The van der Waals surface area contributed by atoms with Crippen molar-refractivity contribution < 1.29 is 9.53 Å². The fraction of sp³-hybridized carbons (Fsp3) is 0.471. The van der Waals surface area contributed by atoms with Gasteiger partial charge in [0.05, 0.1) is 12.7 Å². The lowest BCUT2D eigenvalue weighted by atomic mass is 10.1. The van der Waals surface area contributed by atoms with Crippen molar-refractivity contribution in [3.63, 3.8) is 0 Å². The number of benzene rings is 1.